The molecule has 0 atom stereocenters. The number of aldehydes is 1. The van der Waals surface area contributed by atoms with Gasteiger partial charge in [-0.15, -0.1) is 0 Å². The summed E-state index contributed by atoms with van der Waals surface area (Å²) in [4.78, 5) is 11.7. The standard InChI is InChI=1S/C19H16N2O5/c22-10-15-18(20-11-1-5-13(23)6-2-11)16(25)9-17(26)19(15)21-12-3-7-14(24)8-4-12/h1-10,20-21,23-26H. The highest BCUT2D eigenvalue weighted by molar-refractivity contribution is 5.99. The molecule has 0 unspecified atom stereocenters. The Balaban J connectivity index is 2.02. The molecule has 3 aromatic rings. The lowest BCUT2D eigenvalue weighted by Gasteiger charge is -2.17. The number of aromatic hydroxyl groups is 4. The number of phenolic OH excluding ortho intramolecular Hbond substituents is 4. The van der Waals surface area contributed by atoms with E-state index in [0.29, 0.717) is 17.7 Å². The summed E-state index contributed by atoms with van der Waals surface area (Å²) in [6.07, 6.45) is 0.505. The number of carbonyl (C=O) groups excluding carboxylic acids is 1. The summed E-state index contributed by atoms with van der Waals surface area (Å²) in [5, 5.41) is 44.8. The summed E-state index contributed by atoms with van der Waals surface area (Å²) >= 11 is 0. The molecule has 0 aliphatic heterocycles. The van der Waals surface area contributed by atoms with Gasteiger partial charge in [-0.25, -0.2) is 0 Å². The molecule has 26 heavy (non-hydrogen) atoms. The van der Waals surface area contributed by atoms with Crippen LogP contribution in [-0.4, -0.2) is 26.7 Å². The highest BCUT2D eigenvalue weighted by Gasteiger charge is 2.18. The molecular weight excluding hydrogens is 336 g/mol. The largest absolute Gasteiger partial charge is 0.508 e. The Morgan fingerprint density at radius 2 is 1.04 bits per heavy atom. The van der Waals surface area contributed by atoms with Crippen molar-refractivity contribution in [2.24, 2.45) is 0 Å². The molecule has 0 saturated carbocycles. The van der Waals surface area contributed by atoms with Crippen LogP contribution < -0.4 is 10.6 Å². The van der Waals surface area contributed by atoms with E-state index < -0.39 is 0 Å². The molecule has 3 aromatic carbocycles. The minimum absolute atomic E-state index is 0.0173. The zero-order valence-electron chi connectivity index (χ0n) is 13.5. The first kappa shape index (κ1) is 17.0. The molecule has 6 N–H and O–H groups in total. The summed E-state index contributed by atoms with van der Waals surface area (Å²) in [6.45, 7) is 0. The fraction of sp³-hybridized carbons (Fsp3) is 0. The zero-order valence-corrected chi connectivity index (χ0v) is 13.5. The van der Waals surface area contributed by atoms with Crippen molar-refractivity contribution in [1.29, 1.82) is 0 Å². The lowest BCUT2D eigenvalue weighted by Crippen LogP contribution is -2.02. The van der Waals surface area contributed by atoms with Crippen LogP contribution in [0.25, 0.3) is 0 Å². The fourth-order valence-corrected chi connectivity index (χ4v) is 2.43. The summed E-state index contributed by atoms with van der Waals surface area (Å²) in [7, 11) is 0. The normalized spacial score (nSPS) is 10.3. The fourth-order valence-electron chi connectivity index (χ4n) is 2.43. The van der Waals surface area contributed by atoms with E-state index in [1.54, 1.807) is 24.3 Å². The molecule has 0 bridgehead atoms. The minimum atomic E-state index is -0.311. The maximum atomic E-state index is 11.7. The Morgan fingerprint density at radius 1 is 0.654 bits per heavy atom. The first-order chi connectivity index (χ1) is 12.5. The van der Waals surface area contributed by atoms with Crippen LogP contribution in [-0.2, 0) is 0 Å². The van der Waals surface area contributed by atoms with Crippen LogP contribution in [0.4, 0.5) is 22.7 Å². The van der Waals surface area contributed by atoms with Crippen molar-refractivity contribution in [2.45, 2.75) is 0 Å². The Morgan fingerprint density at radius 3 is 1.38 bits per heavy atom. The van der Waals surface area contributed by atoms with E-state index in [1.807, 2.05) is 0 Å². The van der Waals surface area contributed by atoms with E-state index >= 15 is 0 Å². The van der Waals surface area contributed by atoms with Crippen LogP contribution in [0.3, 0.4) is 0 Å². The summed E-state index contributed by atoms with van der Waals surface area (Å²) < 4.78 is 0. The van der Waals surface area contributed by atoms with Crippen molar-refractivity contribution in [2.75, 3.05) is 10.6 Å². The van der Waals surface area contributed by atoms with Gasteiger partial charge in [0.1, 0.15) is 23.0 Å². The van der Waals surface area contributed by atoms with Crippen molar-refractivity contribution in [3.8, 4) is 23.0 Å². The van der Waals surface area contributed by atoms with E-state index in [1.165, 1.54) is 24.3 Å². The van der Waals surface area contributed by atoms with Gasteiger partial charge in [-0.05, 0) is 48.5 Å². The second-order valence-corrected chi connectivity index (χ2v) is 5.54. The first-order valence-corrected chi connectivity index (χ1v) is 7.64. The molecule has 0 aliphatic carbocycles. The van der Waals surface area contributed by atoms with E-state index in [-0.39, 0.29) is 39.9 Å². The third kappa shape index (κ3) is 3.46. The van der Waals surface area contributed by atoms with Crippen molar-refractivity contribution in [3.05, 3.63) is 60.2 Å². The highest BCUT2D eigenvalue weighted by Crippen LogP contribution is 2.42. The first-order valence-electron chi connectivity index (χ1n) is 7.64. The van der Waals surface area contributed by atoms with E-state index in [4.69, 9.17) is 0 Å². The monoisotopic (exact) mass is 352 g/mol. The molecule has 0 aliphatic rings. The van der Waals surface area contributed by atoms with Crippen LogP contribution in [0.2, 0.25) is 0 Å². The molecule has 0 aromatic heterocycles. The lowest BCUT2D eigenvalue weighted by molar-refractivity contribution is 0.112. The van der Waals surface area contributed by atoms with E-state index in [9.17, 15) is 25.2 Å². The Kier molecular flexibility index (Phi) is 4.53. The van der Waals surface area contributed by atoms with Gasteiger partial charge in [0.2, 0.25) is 0 Å². The van der Waals surface area contributed by atoms with Gasteiger partial charge in [-0.3, -0.25) is 4.79 Å². The number of hydrogen-bond acceptors (Lipinski definition) is 7. The van der Waals surface area contributed by atoms with Crippen molar-refractivity contribution in [1.82, 2.24) is 0 Å². The molecule has 3 rings (SSSR count). The Hall–Kier alpha value is -3.87. The highest BCUT2D eigenvalue weighted by atomic mass is 16.3. The van der Waals surface area contributed by atoms with Crippen LogP contribution in [0, 0.1) is 0 Å². The molecule has 0 heterocycles. The summed E-state index contributed by atoms with van der Waals surface area (Å²) in [6, 6.07) is 13.2. The van der Waals surface area contributed by atoms with Crippen LogP contribution in [0.1, 0.15) is 10.4 Å². The molecule has 132 valence electrons. The van der Waals surface area contributed by atoms with E-state index in [2.05, 4.69) is 10.6 Å². The van der Waals surface area contributed by atoms with Gasteiger partial charge in [0, 0.05) is 17.4 Å². The average Bonchev–Trinajstić information content (AvgIpc) is 2.62. The third-order valence-corrected chi connectivity index (χ3v) is 3.72. The number of phenols is 4. The topological polar surface area (TPSA) is 122 Å². The number of rotatable bonds is 5. The number of hydrogen-bond donors (Lipinski definition) is 6. The van der Waals surface area contributed by atoms with Crippen molar-refractivity contribution < 1.29 is 25.2 Å². The van der Waals surface area contributed by atoms with Crippen LogP contribution in [0.15, 0.2) is 54.6 Å². The van der Waals surface area contributed by atoms with Crippen LogP contribution in [0.5, 0.6) is 23.0 Å². The van der Waals surface area contributed by atoms with Gasteiger partial charge >= 0.3 is 0 Å². The second kappa shape index (κ2) is 6.94. The smallest absolute Gasteiger partial charge is 0.154 e. The third-order valence-electron chi connectivity index (χ3n) is 3.72. The number of nitrogens with one attached hydrogen (secondary N) is 2. The number of anilines is 4. The number of benzene rings is 3. The molecular formula is C19H16N2O5. The van der Waals surface area contributed by atoms with Gasteiger partial charge < -0.3 is 31.1 Å². The average molecular weight is 352 g/mol. The summed E-state index contributed by atoms with van der Waals surface area (Å²) in [5.74, 6) is -0.464. The van der Waals surface area contributed by atoms with Gasteiger partial charge in [-0.2, -0.15) is 0 Å². The van der Waals surface area contributed by atoms with Crippen molar-refractivity contribution >= 4 is 29.0 Å². The maximum absolute atomic E-state index is 11.7. The molecule has 0 fully saturated rings. The Bertz CT molecular complexity index is 866. The molecule has 7 nitrogen and oxygen atoms in total. The quantitative estimate of drug-likeness (QED) is 0.234. The van der Waals surface area contributed by atoms with Gasteiger partial charge in [0.25, 0.3) is 0 Å². The molecule has 7 heteroatoms. The van der Waals surface area contributed by atoms with Crippen molar-refractivity contribution in [3.63, 3.8) is 0 Å². The predicted molar refractivity (Wildman–Crippen MR) is 97.9 cm³/mol. The van der Waals surface area contributed by atoms with Gasteiger partial charge in [0.05, 0.1) is 16.9 Å². The lowest BCUT2D eigenvalue weighted by atomic mass is 10.1. The molecule has 0 radical (unpaired) electrons. The molecule has 0 spiro atoms. The van der Waals surface area contributed by atoms with Gasteiger partial charge in [-0.1, -0.05) is 0 Å². The van der Waals surface area contributed by atoms with Gasteiger partial charge in [0.15, 0.2) is 6.29 Å². The molecule has 0 amide bonds. The van der Waals surface area contributed by atoms with Crippen LogP contribution >= 0.6 is 0 Å². The zero-order chi connectivity index (χ0) is 18.7. The Labute approximate surface area is 148 Å². The maximum Gasteiger partial charge on any atom is 0.154 e. The second-order valence-electron chi connectivity index (χ2n) is 5.54. The minimum Gasteiger partial charge on any atom is -0.508 e. The number of carbonyl (C=O) groups is 1. The summed E-state index contributed by atoms with van der Waals surface area (Å²) in [5.41, 5.74) is 1.28. The van der Waals surface area contributed by atoms with E-state index in [0.717, 1.165) is 6.07 Å². The SMILES string of the molecule is O=Cc1c(Nc2ccc(O)cc2)c(O)cc(O)c1Nc1ccc(O)cc1. The molecule has 0 saturated heterocycles. The predicted octanol–water partition coefficient (Wildman–Crippen LogP) is 3.81.